The number of benzene rings is 2. The Kier molecular flexibility index (Phi) is 3.47. The van der Waals surface area contributed by atoms with Gasteiger partial charge in [-0.2, -0.15) is 0 Å². The molecule has 0 saturated heterocycles. The second-order valence-corrected chi connectivity index (χ2v) is 4.82. The van der Waals surface area contributed by atoms with Gasteiger partial charge in [0.25, 0.3) is 0 Å². The van der Waals surface area contributed by atoms with E-state index < -0.39 is 17.6 Å². The summed E-state index contributed by atoms with van der Waals surface area (Å²) in [5, 5.41) is 8.88. The fraction of sp³-hybridized carbons (Fsp3) is 0. The number of aromatic carboxylic acids is 1. The van der Waals surface area contributed by atoms with E-state index in [1.807, 2.05) is 0 Å². The van der Waals surface area contributed by atoms with Gasteiger partial charge in [0, 0.05) is 18.5 Å². The first-order chi connectivity index (χ1) is 10.5. The quantitative estimate of drug-likeness (QED) is 0.790. The summed E-state index contributed by atoms with van der Waals surface area (Å²) in [6.07, 6.45) is 3.42. The van der Waals surface area contributed by atoms with Crippen LogP contribution in [0.5, 0.6) is 0 Å². The molecular weight excluding hydrogens is 288 g/mol. The zero-order valence-corrected chi connectivity index (χ0v) is 11.3. The number of nitrogens with zero attached hydrogens (tertiary/aromatic N) is 1. The molecule has 0 fully saturated rings. The van der Waals surface area contributed by atoms with Gasteiger partial charge in [0.15, 0.2) is 0 Å². The second-order valence-electron chi connectivity index (χ2n) is 4.82. The standard InChI is InChI=1S/C17H11F2NO2/c18-14-7-15(19)9-16(8-14)20-6-5-13(10-20)11-1-3-12(4-2-11)17(21)22/h1-10H,(H,21,22). The number of carbonyl (C=O) groups is 1. The molecule has 0 aliphatic carbocycles. The monoisotopic (exact) mass is 299 g/mol. The molecule has 0 spiro atoms. The molecule has 0 bridgehead atoms. The predicted molar refractivity (Wildman–Crippen MR) is 78.1 cm³/mol. The molecule has 0 unspecified atom stereocenters. The summed E-state index contributed by atoms with van der Waals surface area (Å²) in [5.41, 5.74) is 2.23. The topological polar surface area (TPSA) is 42.2 Å². The third-order valence-corrected chi connectivity index (χ3v) is 3.30. The average molecular weight is 299 g/mol. The Hall–Kier alpha value is -2.95. The van der Waals surface area contributed by atoms with Crippen molar-refractivity contribution in [2.75, 3.05) is 0 Å². The van der Waals surface area contributed by atoms with Crippen molar-refractivity contribution in [1.29, 1.82) is 0 Å². The number of aromatic nitrogens is 1. The lowest BCUT2D eigenvalue weighted by Gasteiger charge is -2.03. The Balaban J connectivity index is 1.94. The number of carboxylic acids is 1. The van der Waals surface area contributed by atoms with Crippen LogP contribution in [0.2, 0.25) is 0 Å². The molecule has 3 nitrogen and oxygen atoms in total. The second kappa shape index (κ2) is 5.44. The van der Waals surface area contributed by atoms with Crippen LogP contribution in [0, 0.1) is 11.6 Å². The van der Waals surface area contributed by atoms with Gasteiger partial charge < -0.3 is 9.67 Å². The minimum absolute atomic E-state index is 0.204. The van der Waals surface area contributed by atoms with Gasteiger partial charge in [-0.25, -0.2) is 13.6 Å². The summed E-state index contributed by atoms with van der Waals surface area (Å²) < 4.78 is 28.1. The molecule has 0 aliphatic rings. The van der Waals surface area contributed by atoms with Crippen LogP contribution in [-0.2, 0) is 0 Å². The average Bonchev–Trinajstić information content (AvgIpc) is 2.96. The van der Waals surface area contributed by atoms with Gasteiger partial charge in [-0.3, -0.25) is 0 Å². The molecule has 110 valence electrons. The highest BCUT2D eigenvalue weighted by molar-refractivity contribution is 5.88. The molecule has 0 atom stereocenters. The van der Waals surface area contributed by atoms with Crippen LogP contribution in [0.4, 0.5) is 8.78 Å². The van der Waals surface area contributed by atoms with E-state index in [1.165, 1.54) is 24.3 Å². The number of halogens is 2. The SMILES string of the molecule is O=C(O)c1ccc(-c2ccn(-c3cc(F)cc(F)c3)c2)cc1. The zero-order valence-electron chi connectivity index (χ0n) is 11.3. The largest absolute Gasteiger partial charge is 0.478 e. The maximum absolute atomic E-state index is 13.3. The molecule has 3 rings (SSSR count). The molecule has 22 heavy (non-hydrogen) atoms. The third kappa shape index (κ3) is 2.74. The number of carboxylic acid groups (broad SMARTS) is 1. The molecule has 1 aromatic heterocycles. The summed E-state index contributed by atoms with van der Waals surface area (Å²) in [5.74, 6) is -2.27. The van der Waals surface area contributed by atoms with Crippen molar-refractivity contribution in [3.05, 3.63) is 78.1 Å². The van der Waals surface area contributed by atoms with Crippen LogP contribution in [0.3, 0.4) is 0 Å². The first-order valence-electron chi connectivity index (χ1n) is 6.51. The molecule has 1 heterocycles. The lowest BCUT2D eigenvalue weighted by atomic mass is 10.1. The van der Waals surface area contributed by atoms with Crippen LogP contribution in [0.15, 0.2) is 60.9 Å². The summed E-state index contributed by atoms with van der Waals surface area (Å²) in [7, 11) is 0. The van der Waals surface area contributed by atoms with E-state index in [2.05, 4.69) is 0 Å². The minimum atomic E-state index is -0.987. The lowest BCUT2D eigenvalue weighted by molar-refractivity contribution is 0.0697. The number of hydrogen-bond donors (Lipinski definition) is 1. The van der Waals surface area contributed by atoms with E-state index in [4.69, 9.17) is 5.11 Å². The highest BCUT2D eigenvalue weighted by Crippen LogP contribution is 2.23. The third-order valence-electron chi connectivity index (χ3n) is 3.30. The first-order valence-corrected chi connectivity index (χ1v) is 6.51. The minimum Gasteiger partial charge on any atom is -0.478 e. The van der Waals surface area contributed by atoms with Crippen molar-refractivity contribution in [2.24, 2.45) is 0 Å². The van der Waals surface area contributed by atoms with Crippen molar-refractivity contribution in [2.45, 2.75) is 0 Å². The fourth-order valence-electron chi connectivity index (χ4n) is 2.22. The normalized spacial score (nSPS) is 10.6. The Bertz CT molecular complexity index is 818. The fourth-order valence-corrected chi connectivity index (χ4v) is 2.22. The Morgan fingerprint density at radius 1 is 0.909 bits per heavy atom. The van der Waals surface area contributed by atoms with E-state index in [0.717, 1.165) is 17.2 Å². The highest BCUT2D eigenvalue weighted by atomic mass is 19.1. The van der Waals surface area contributed by atoms with Gasteiger partial charge in [0.2, 0.25) is 0 Å². The van der Waals surface area contributed by atoms with E-state index in [-0.39, 0.29) is 5.56 Å². The molecule has 0 radical (unpaired) electrons. The van der Waals surface area contributed by atoms with Crippen molar-refractivity contribution >= 4 is 5.97 Å². The molecule has 2 aromatic carbocycles. The van der Waals surface area contributed by atoms with Crippen molar-refractivity contribution in [3.8, 4) is 16.8 Å². The van der Waals surface area contributed by atoms with E-state index in [1.54, 1.807) is 35.2 Å². The molecule has 3 aromatic rings. The van der Waals surface area contributed by atoms with Crippen molar-refractivity contribution in [3.63, 3.8) is 0 Å². The summed E-state index contributed by atoms with van der Waals surface area (Å²) in [4.78, 5) is 10.8. The molecule has 0 amide bonds. The highest BCUT2D eigenvalue weighted by Gasteiger charge is 2.07. The van der Waals surface area contributed by atoms with Gasteiger partial charge in [0.05, 0.1) is 11.3 Å². The van der Waals surface area contributed by atoms with E-state index in [9.17, 15) is 13.6 Å². The van der Waals surface area contributed by atoms with E-state index in [0.29, 0.717) is 5.69 Å². The van der Waals surface area contributed by atoms with Gasteiger partial charge in [-0.05, 0) is 41.5 Å². The maximum atomic E-state index is 13.3. The molecule has 1 N–H and O–H groups in total. The Labute approximate surface area is 125 Å². The number of hydrogen-bond acceptors (Lipinski definition) is 1. The van der Waals surface area contributed by atoms with Crippen LogP contribution in [-0.4, -0.2) is 15.6 Å². The predicted octanol–water partition coefficient (Wildman–Crippen LogP) is 4.12. The molecule has 0 aliphatic heterocycles. The van der Waals surface area contributed by atoms with Gasteiger partial charge in [-0.15, -0.1) is 0 Å². The molecule has 5 heteroatoms. The maximum Gasteiger partial charge on any atom is 0.335 e. The first kappa shape index (κ1) is 14.0. The summed E-state index contributed by atoms with van der Waals surface area (Å²) >= 11 is 0. The summed E-state index contributed by atoms with van der Waals surface area (Å²) in [6.45, 7) is 0. The molecule has 0 saturated carbocycles. The van der Waals surface area contributed by atoms with Gasteiger partial charge >= 0.3 is 5.97 Å². The van der Waals surface area contributed by atoms with Crippen molar-refractivity contribution < 1.29 is 18.7 Å². The molecular formula is C17H11F2NO2. The van der Waals surface area contributed by atoms with Gasteiger partial charge in [-0.1, -0.05) is 12.1 Å². The number of rotatable bonds is 3. The van der Waals surface area contributed by atoms with Crippen LogP contribution < -0.4 is 0 Å². The van der Waals surface area contributed by atoms with Gasteiger partial charge in [0.1, 0.15) is 11.6 Å². The Morgan fingerprint density at radius 3 is 2.14 bits per heavy atom. The Morgan fingerprint density at radius 2 is 1.55 bits per heavy atom. The van der Waals surface area contributed by atoms with Crippen molar-refractivity contribution in [1.82, 2.24) is 4.57 Å². The lowest BCUT2D eigenvalue weighted by Crippen LogP contribution is -1.95. The van der Waals surface area contributed by atoms with Crippen LogP contribution >= 0.6 is 0 Å². The van der Waals surface area contributed by atoms with E-state index >= 15 is 0 Å². The zero-order chi connectivity index (χ0) is 15.7. The smallest absolute Gasteiger partial charge is 0.335 e. The van der Waals surface area contributed by atoms with Crippen LogP contribution in [0.1, 0.15) is 10.4 Å². The summed E-state index contributed by atoms with van der Waals surface area (Å²) in [6, 6.07) is 11.5. The van der Waals surface area contributed by atoms with Crippen LogP contribution in [0.25, 0.3) is 16.8 Å².